The summed E-state index contributed by atoms with van der Waals surface area (Å²) < 4.78 is 0. The third-order valence-corrected chi connectivity index (χ3v) is 2.93. The van der Waals surface area contributed by atoms with E-state index in [1.807, 2.05) is 18.4 Å². The van der Waals surface area contributed by atoms with Crippen molar-refractivity contribution in [1.29, 1.82) is 5.26 Å². The van der Waals surface area contributed by atoms with Crippen LogP contribution in [0, 0.1) is 18.3 Å². The zero-order valence-corrected chi connectivity index (χ0v) is 9.45. The second kappa shape index (κ2) is 4.24. The fraction of sp³-hybridized carbons (Fsp3) is 0.200. The van der Waals surface area contributed by atoms with Crippen LogP contribution in [-0.2, 0) is 6.42 Å². The van der Waals surface area contributed by atoms with Gasteiger partial charge in [0.05, 0.1) is 12.6 Å². The zero-order chi connectivity index (χ0) is 11.5. The number of nitrogen functional groups attached to an aromatic ring is 1. The summed E-state index contributed by atoms with van der Waals surface area (Å²) in [7, 11) is 0. The first-order chi connectivity index (χ1) is 7.69. The van der Waals surface area contributed by atoms with E-state index in [2.05, 4.69) is 15.0 Å². The van der Waals surface area contributed by atoms with Gasteiger partial charge < -0.3 is 5.73 Å². The van der Waals surface area contributed by atoms with Gasteiger partial charge in [-0.1, -0.05) is 0 Å². The second-order valence-corrected chi connectivity index (χ2v) is 4.20. The minimum Gasteiger partial charge on any atom is -0.382 e. The van der Waals surface area contributed by atoms with Crippen LogP contribution in [0.15, 0.2) is 11.6 Å². The lowest BCUT2D eigenvalue weighted by Crippen LogP contribution is -2.02. The highest BCUT2D eigenvalue weighted by atomic mass is 32.1. The fourth-order valence-electron chi connectivity index (χ4n) is 1.22. The monoisotopic (exact) mass is 231 g/mol. The Labute approximate surface area is 96.6 Å². The van der Waals surface area contributed by atoms with Gasteiger partial charge in [-0.25, -0.2) is 15.0 Å². The van der Waals surface area contributed by atoms with Gasteiger partial charge in [-0.05, 0) is 6.92 Å². The van der Waals surface area contributed by atoms with Gasteiger partial charge in [0.15, 0.2) is 0 Å². The highest BCUT2D eigenvalue weighted by Crippen LogP contribution is 2.13. The van der Waals surface area contributed by atoms with E-state index in [9.17, 15) is 0 Å². The predicted molar refractivity (Wildman–Crippen MR) is 60.8 cm³/mol. The third-order valence-electron chi connectivity index (χ3n) is 1.96. The number of aromatic nitrogens is 3. The number of rotatable bonds is 2. The maximum absolute atomic E-state index is 8.68. The first-order valence-corrected chi connectivity index (χ1v) is 5.49. The highest BCUT2D eigenvalue weighted by molar-refractivity contribution is 7.09. The Bertz CT molecular complexity index is 555. The standard InChI is InChI=1S/C10H9N5S/c1-6-5-16-9(14-6)2-8-13-4-7(3-11)10(12)15-8/h4-5H,2H2,1H3,(H2,12,13,15). The number of nitriles is 1. The molecule has 2 heterocycles. The summed E-state index contributed by atoms with van der Waals surface area (Å²) in [4.78, 5) is 12.4. The van der Waals surface area contributed by atoms with Crippen LogP contribution >= 0.6 is 11.3 Å². The Morgan fingerprint density at radius 3 is 2.88 bits per heavy atom. The molecule has 0 unspecified atom stereocenters. The van der Waals surface area contributed by atoms with E-state index < -0.39 is 0 Å². The predicted octanol–water partition coefficient (Wildman–Crippen LogP) is 1.29. The molecule has 0 radical (unpaired) electrons. The number of nitrogens with zero attached hydrogens (tertiary/aromatic N) is 4. The summed E-state index contributed by atoms with van der Waals surface area (Å²) in [6.45, 7) is 1.94. The maximum atomic E-state index is 8.68. The van der Waals surface area contributed by atoms with E-state index >= 15 is 0 Å². The van der Waals surface area contributed by atoms with Gasteiger partial charge in [-0.3, -0.25) is 0 Å². The van der Waals surface area contributed by atoms with Crippen LogP contribution in [0.1, 0.15) is 22.1 Å². The van der Waals surface area contributed by atoms with E-state index in [1.54, 1.807) is 11.3 Å². The minimum absolute atomic E-state index is 0.223. The van der Waals surface area contributed by atoms with Crippen molar-refractivity contribution in [2.45, 2.75) is 13.3 Å². The van der Waals surface area contributed by atoms with Crippen molar-refractivity contribution in [3.05, 3.63) is 33.7 Å². The summed E-state index contributed by atoms with van der Waals surface area (Å²) in [5, 5.41) is 11.6. The SMILES string of the molecule is Cc1csc(Cc2ncc(C#N)c(N)n2)n1. The quantitative estimate of drug-likeness (QED) is 0.841. The summed E-state index contributed by atoms with van der Waals surface area (Å²) in [6.07, 6.45) is 1.99. The van der Waals surface area contributed by atoms with Gasteiger partial charge in [0.2, 0.25) is 0 Å². The van der Waals surface area contributed by atoms with Crippen molar-refractivity contribution in [1.82, 2.24) is 15.0 Å². The number of anilines is 1. The molecule has 0 aliphatic carbocycles. The molecule has 2 rings (SSSR count). The Balaban J connectivity index is 2.23. The average Bonchev–Trinajstić information content (AvgIpc) is 2.64. The molecule has 16 heavy (non-hydrogen) atoms. The summed E-state index contributed by atoms with van der Waals surface area (Å²) in [5.74, 6) is 0.812. The minimum atomic E-state index is 0.223. The van der Waals surface area contributed by atoms with Crippen LogP contribution < -0.4 is 5.73 Å². The molecule has 0 amide bonds. The first-order valence-electron chi connectivity index (χ1n) is 4.61. The van der Waals surface area contributed by atoms with E-state index in [-0.39, 0.29) is 5.82 Å². The molecule has 2 aromatic rings. The lowest BCUT2D eigenvalue weighted by atomic mass is 10.3. The van der Waals surface area contributed by atoms with Crippen LogP contribution in [0.3, 0.4) is 0 Å². The van der Waals surface area contributed by atoms with Crippen molar-refractivity contribution >= 4 is 17.2 Å². The zero-order valence-electron chi connectivity index (χ0n) is 8.64. The molecule has 0 spiro atoms. The number of hydrogen-bond acceptors (Lipinski definition) is 6. The molecule has 0 saturated heterocycles. The van der Waals surface area contributed by atoms with Gasteiger partial charge in [0.25, 0.3) is 0 Å². The molecule has 0 bridgehead atoms. The largest absolute Gasteiger partial charge is 0.382 e. The smallest absolute Gasteiger partial charge is 0.145 e. The van der Waals surface area contributed by atoms with E-state index in [0.29, 0.717) is 17.8 Å². The molecule has 80 valence electrons. The molecule has 0 saturated carbocycles. The van der Waals surface area contributed by atoms with Crippen molar-refractivity contribution < 1.29 is 0 Å². The topological polar surface area (TPSA) is 88.5 Å². The highest BCUT2D eigenvalue weighted by Gasteiger charge is 2.06. The molecule has 5 nitrogen and oxygen atoms in total. The lowest BCUT2D eigenvalue weighted by molar-refractivity contribution is 0.953. The molecule has 6 heteroatoms. The van der Waals surface area contributed by atoms with Gasteiger partial charge in [-0.2, -0.15) is 5.26 Å². The molecular formula is C10H9N5S. The average molecular weight is 231 g/mol. The van der Waals surface area contributed by atoms with E-state index in [0.717, 1.165) is 10.7 Å². The van der Waals surface area contributed by atoms with Crippen molar-refractivity contribution in [3.63, 3.8) is 0 Å². The summed E-state index contributed by atoms with van der Waals surface area (Å²) >= 11 is 1.56. The molecule has 0 fully saturated rings. The van der Waals surface area contributed by atoms with Gasteiger partial charge in [0, 0.05) is 11.1 Å². The van der Waals surface area contributed by atoms with Crippen molar-refractivity contribution in [3.8, 4) is 6.07 Å². The second-order valence-electron chi connectivity index (χ2n) is 3.26. The van der Waals surface area contributed by atoms with Crippen LogP contribution in [0.4, 0.5) is 5.82 Å². The van der Waals surface area contributed by atoms with Crippen LogP contribution in [0.2, 0.25) is 0 Å². The molecular weight excluding hydrogens is 222 g/mol. The molecule has 2 N–H and O–H groups in total. The van der Waals surface area contributed by atoms with Crippen LogP contribution in [0.5, 0.6) is 0 Å². The van der Waals surface area contributed by atoms with E-state index in [1.165, 1.54) is 6.20 Å². The first kappa shape index (κ1) is 10.5. The van der Waals surface area contributed by atoms with Gasteiger partial charge >= 0.3 is 0 Å². The lowest BCUT2D eigenvalue weighted by Gasteiger charge is -1.99. The Morgan fingerprint density at radius 2 is 2.31 bits per heavy atom. The normalized spacial score (nSPS) is 10.0. The summed E-state index contributed by atoms with van der Waals surface area (Å²) in [5.41, 5.74) is 6.89. The number of aryl methyl sites for hydroxylation is 1. The Hall–Kier alpha value is -2.00. The third kappa shape index (κ3) is 2.15. The molecule has 0 aromatic carbocycles. The molecule has 2 aromatic heterocycles. The number of nitrogens with two attached hydrogens (primary N) is 1. The maximum Gasteiger partial charge on any atom is 0.145 e. The van der Waals surface area contributed by atoms with Crippen molar-refractivity contribution in [2.75, 3.05) is 5.73 Å². The molecule has 0 aliphatic heterocycles. The van der Waals surface area contributed by atoms with Gasteiger partial charge in [0.1, 0.15) is 28.3 Å². The van der Waals surface area contributed by atoms with E-state index in [4.69, 9.17) is 11.0 Å². The molecule has 0 atom stereocenters. The van der Waals surface area contributed by atoms with Gasteiger partial charge in [-0.15, -0.1) is 11.3 Å². The van der Waals surface area contributed by atoms with Crippen LogP contribution in [-0.4, -0.2) is 15.0 Å². The fourth-order valence-corrected chi connectivity index (χ4v) is 1.99. The van der Waals surface area contributed by atoms with Crippen LogP contribution in [0.25, 0.3) is 0 Å². The number of thiazole rings is 1. The Kier molecular flexibility index (Phi) is 2.79. The molecule has 0 aliphatic rings. The van der Waals surface area contributed by atoms with Crippen molar-refractivity contribution in [2.24, 2.45) is 0 Å². The summed E-state index contributed by atoms with van der Waals surface area (Å²) in [6, 6.07) is 1.93. The number of hydrogen-bond donors (Lipinski definition) is 1. The Morgan fingerprint density at radius 1 is 1.50 bits per heavy atom.